The molecule has 3 atom stereocenters. The van der Waals surface area contributed by atoms with Crippen LogP contribution in [0.2, 0.25) is 0 Å². The minimum Gasteiger partial charge on any atom is -0.465 e. The van der Waals surface area contributed by atoms with E-state index in [2.05, 4.69) is 0 Å². The van der Waals surface area contributed by atoms with Crippen LogP contribution in [0.5, 0.6) is 5.75 Å². The number of nitrogens with zero attached hydrogens (tertiary/aromatic N) is 2. The van der Waals surface area contributed by atoms with Crippen LogP contribution >= 0.6 is 11.3 Å². The van der Waals surface area contributed by atoms with Crippen molar-refractivity contribution in [1.29, 1.82) is 0 Å². The van der Waals surface area contributed by atoms with Gasteiger partial charge in [0.2, 0.25) is 5.72 Å². The summed E-state index contributed by atoms with van der Waals surface area (Å²) in [6.45, 7) is 3.37. The summed E-state index contributed by atoms with van der Waals surface area (Å²) in [4.78, 5) is 31.2. The number of rotatable bonds is 2. The second-order valence-corrected chi connectivity index (χ2v) is 8.33. The zero-order valence-corrected chi connectivity index (χ0v) is 16.3. The Hall–Kier alpha value is -2.99. The van der Waals surface area contributed by atoms with Gasteiger partial charge in [0.05, 0.1) is 10.6 Å². The van der Waals surface area contributed by atoms with Crippen LogP contribution in [-0.2, 0) is 4.79 Å². The molecule has 2 aromatic carbocycles. The highest BCUT2D eigenvalue weighted by molar-refractivity contribution is 7.07. The summed E-state index contributed by atoms with van der Waals surface area (Å²) < 4.78 is 8.46. The van der Waals surface area contributed by atoms with E-state index in [0.29, 0.717) is 15.1 Å². The van der Waals surface area contributed by atoms with E-state index in [1.54, 1.807) is 11.5 Å². The van der Waals surface area contributed by atoms with Gasteiger partial charge in [0.25, 0.3) is 5.56 Å². The molecular formula is C22H18N2O3S. The Kier molecular flexibility index (Phi) is 3.67. The molecule has 28 heavy (non-hydrogen) atoms. The van der Waals surface area contributed by atoms with E-state index in [4.69, 9.17) is 9.73 Å². The van der Waals surface area contributed by atoms with E-state index < -0.39 is 17.7 Å². The zero-order valence-electron chi connectivity index (χ0n) is 15.5. The first-order valence-electron chi connectivity index (χ1n) is 9.14. The fourth-order valence-electron chi connectivity index (χ4n) is 4.26. The normalized spacial score (nSPS) is 25.3. The lowest BCUT2D eigenvalue weighted by atomic mass is 9.79. The summed E-state index contributed by atoms with van der Waals surface area (Å²) in [5.41, 5.74) is 0.657. The Balaban J connectivity index is 1.83. The van der Waals surface area contributed by atoms with Gasteiger partial charge >= 0.3 is 0 Å². The molecule has 3 aromatic rings. The highest BCUT2D eigenvalue weighted by atomic mass is 32.1. The molecule has 0 fully saturated rings. The molecule has 0 aliphatic carbocycles. The van der Waals surface area contributed by atoms with Gasteiger partial charge in [-0.2, -0.15) is 0 Å². The number of hydrogen-bond acceptors (Lipinski definition) is 5. The molecule has 3 heterocycles. The Labute approximate surface area is 165 Å². The van der Waals surface area contributed by atoms with Crippen molar-refractivity contribution in [1.82, 2.24) is 4.57 Å². The van der Waals surface area contributed by atoms with Crippen molar-refractivity contribution in [3.05, 3.63) is 85.4 Å². The van der Waals surface area contributed by atoms with E-state index in [0.717, 1.165) is 11.1 Å². The minimum atomic E-state index is -1.02. The van der Waals surface area contributed by atoms with Gasteiger partial charge in [-0.05, 0) is 31.6 Å². The van der Waals surface area contributed by atoms with Crippen molar-refractivity contribution >= 4 is 23.2 Å². The van der Waals surface area contributed by atoms with Crippen LogP contribution in [-0.4, -0.2) is 16.1 Å². The topological polar surface area (TPSA) is 60.7 Å². The molecule has 5 rings (SSSR count). The average molecular weight is 390 g/mol. The molecule has 2 aliphatic heterocycles. The average Bonchev–Trinajstić information content (AvgIpc) is 2.95. The first-order valence-corrected chi connectivity index (χ1v) is 9.96. The lowest BCUT2D eigenvalue weighted by Crippen LogP contribution is -2.58. The molecule has 0 spiro atoms. The number of hydrogen-bond donors (Lipinski definition) is 0. The van der Waals surface area contributed by atoms with Crippen LogP contribution in [0.3, 0.4) is 0 Å². The Morgan fingerprint density at radius 2 is 1.89 bits per heavy atom. The van der Waals surface area contributed by atoms with Crippen molar-refractivity contribution in [2.24, 2.45) is 10.9 Å². The fraction of sp³-hybridized carbons (Fsp3) is 0.227. The maximum Gasteiger partial charge on any atom is 0.270 e. The standard InChI is InChI=1S/C22H18N2O3S/c1-13(25)18-19-15-10-6-7-11-16(15)27-22(18,2)23-21-24(19)20(26)17(28-21)12-14-8-4-3-5-9-14/h3-12,18-19H,1-2H3/b17-12-/t18-,19+,22-/m0/s1. The van der Waals surface area contributed by atoms with Gasteiger partial charge in [-0.3, -0.25) is 14.2 Å². The molecule has 140 valence electrons. The number of aromatic nitrogens is 1. The van der Waals surface area contributed by atoms with Gasteiger partial charge in [0, 0.05) is 5.56 Å². The van der Waals surface area contributed by atoms with Gasteiger partial charge in [0.15, 0.2) is 4.80 Å². The summed E-state index contributed by atoms with van der Waals surface area (Å²) in [5, 5.41) is 0. The molecule has 0 saturated heterocycles. The second-order valence-electron chi connectivity index (χ2n) is 7.32. The van der Waals surface area contributed by atoms with Crippen LogP contribution in [0.25, 0.3) is 6.08 Å². The van der Waals surface area contributed by atoms with Crippen LogP contribution in [0.4, 0.5) is 0 Å². The SMILES string of the molecule is CC(=O)[C@H]1[C@H]2c3ccccc3O[C@]1(C)N=c1s/c(=C\c3ccccc3)c(=O)n12. The third-order valence-corrected chi connectivity index (χ3v) is 6.40. The molecule has 0 saturated carbocycles. The maximum atomic E-state index is 13.3. The molecule has 6 heteroatoms. The molecular weight excluding hydrogens is 372 g/mol. The first kappa shape index (κ1) is 17.1. The largest absolute Gasteiger partial charge is 0.465 e. The van der Waals surface area contributed by atoms with Crippen molar-refractivity contribution in [3.63, 3.8) is 0 Å². The van der Waals surface area contributed by atoms with E-state index in [-0.39, 0.29) is 11.3 Å². The predicted molar refractivity (Wildman–Crippen MR) is 107 cm³/mol. The van der Waals surface area contributed by atoms with E-state index in [1.165, 1.54) is 11.3 Å². The molecule has 0 unspecified atom stereocenters. The number of Topliss-reactive ketones (excluding diaryl/α,β-unsaturated/α-hetero) is 1. The van der Waals surface area contributed by atoms with Crippen LogP contribution in [0.15, 0.2) is 64.4 Å². The Morgan fingerprint density at radius 1 is 1.18 bits per heavy atom. The van der Waals surface area contributed by atoms with Gasteiger partial charge in [-0.15, -0.1) is 0 Å². The zero-order chi connectivity index (χ0) is 19.5. The van der Waals surface area contributed by atoms with Crippen molar-refractivity contribution in [2.45, 2.75) is 25.6 Å². The summed E-state index contributed by atoms with van der Waals surface area (Å²) in [6, 6.07) is 16.9. The van der Waals surface area contributed by atoms with Crippen LogP contribution in [0.1, 0.15) is 31.0 Å². The quantitative estimate of drug-likeness (QED) is 0.675. The van der Waals surface area contributed by atoms with Gasteiger partial charge in [0.1, 0.15) is 17.5 Å². The summed E-state index contributed by atoms with van der Waals surface area (Å²) in [6.07, 6.45) is 1.87. The summed E-state index contributed by atoms with van der Waals surface area (Å²) >= 11 is 1.34. The molecule has 1 aromatic heterocycles. The van der Waals surface area contributed by atoms with Crippen molar-refractivity contribution < 1.29 is 9.53 Å². The van der Waals surface area contributed by atoms with Gasteiger partial charge < -0.3 is 4.74 Å². The number of fused-ring (bicyclic) bond motifs is 6. The maximum absolute atomic E-state index is 13.3. The van der Waals surface area contributed by atoms with E-state index >= 15 is 0 Å². The monoisotopic (exact) mass is 390 g/mol. The Bertz CT molecular complexity index is 1280. The molecule has 2 aliphatic rings. The van der Waals surface area contributed by atoms with E-state index in [9.17, 15) is 9.59 Å². The van der Waals surface area contributed by atoms with Crippen LogP contribution in [0, 0.1) is 5.92 Å². The molecule has 2 bridgehead atoms. The lowest BCUT2D eigenvalue weighted by molar-refractivity contribution is -0.132. The molecule has 0 N–H and O–H groups in total. The highest BCUT2D eigenvalue weighted by Crippen LogP contribution is 2.47. The summed E-state index contributed by atoms with van der Waals surface area (Å²) in [7, 11) is 0. The van der Waals surface area contributed by atoms with Crippen molar-refractivity contribution in [3.8, 4) is 5.75 Å². The Morgan fingerprint density at radius 3 is 2.64 bits per heavy atom. The predicted octanol–water partition coefficient (Wildman–Crippen LogP) is 2.28. The number of ether oxygens (including phenoxy) is 1. The minimum absolute atomic E-state index is 0.0388. The third kappa shape index (κ3) is 2.41. The number of para-hydroxylation sites is 1. The smallest absolute Gasteiger partial charge is 0.270 e. The number of ketones is 1. The fourth-order valence-corrected chi connectivity index (χ4v) is 5.36. The van der Waals surface area contributed by atoms with Crippen LogP contribution < -0.4 is 19.6 Å². The van der Waals surface area contributed by atoms with Gasteiger partial charge in [-0.1, -0.05) is 59.9 Å². The highest BCUT2D eigenvalue weighted by Gasteiger charge is 2.53. The second kappa shape index (κ2) is 6.01. The van der Waals surface area contributed by atoms with E-state index in [1.807, 2.05) is 67.6 Å². The third-order valence-electron chi connectivity index (χ3n) is 5.42. The molecule has 0 radical (unpaired) electrons. The summed E-state index contributed by atoms with van der Waals surface area (Å²) in [5.74, 6) is 0.0865. The first-order chi connectivity index (χ1) is 13.5. The van der Waals surface area contributed by atoms with Crippen molar-refractivity contribution in [2.75, 3.05) is 0 Å². The number of thiazole rings is 1. The van der Waals surface area contributed by atoms with Gasteiger partial charge in [-0.25, -0.2) is 4.99 Å². The number of carbonyl (C=O) groups is 1. The number of benzene rings is 2. The number of carbonyl (C=O) groups excluding carboxylic acids is 1. The lowest BCUT2D eigenvalue weighted by Gasteiger charge is -2.45. The molecule has 5 nitrogen and oxygen atoms in total. The molecule has 0 amide bonds.